The largest absolute Gasteiger partial charge is 0.350 e. The summed E-state index contributed by atoms with van der Waals surface area (Å²) in [7, 11) is -3.72. The molecule has 27 heavy (non-hydrogen) atoms. The molecule has 0 saturated heterocycles. The lowest BCUT2D eigenvalue weighted by Crippen LogP contribution is -2.38. The molecule has 1 atom stereocenters. The molecule has 0 unspecified atom stereocenters. The van der Waals surface area contributed by atoms with Crippen LogP contribution in [0.3, 0.4) is 0 Å². The van der Waals surface area contributed by atoms with Gasteiger partial charge < -0.3 is 10.6 Å². The molecule has 2 aromatic rings. The van der Waals surface area contributed by atoms with E-state index >= 15 is 0 Å². The maximum atomic E-state index is 12.6. The zero-order valence-corrected chi connectivity index (χ0v) is 17.0. The summed E-state index contributed by atoms with van der Waals surface area (Å²) >= 11 is 0. The smallest absolute Gasteiger partial charge is 0.261 e. The van der Waals surface area contributed by atoms with Gasteiger partial charge in [-0.25, -0.2) is 8.42 Å². The van der Waals surface area contributed by atoms with Crippen LogP contribution in [0.25, 0.3) is 0 Å². The number of nitrogens with one attached hydrogen (secondary N) is 3. The van der Waals surface area contributed by atoms with Crippen molar-refractivity contribution in [2.45, 2.75) is 38.6 Å². The number of sulfonamides is 1. The van der Waals surface area contributed by atoms with E-state index in [1.54, 1.807) is 6.07 Å². The number of benzene rings is 2. The normalized spacial score (nSPS) is 12.4. The van der Waals surface area contributed by atoms with Gasteiger partial charge in [0.1, 0.15) is 0 Å². The average Bonchev–Trinajstić information content (AvgIpc) is 2.64. The van der Waals surface area contributed by atoms with E-state index in [-0.39, 0.29) is 16.8 Å². The molecule has 0 aromatic heterocycles. The third-order valence-electron chi connectivity index (χ3n) is 4.40. The topological polar surface area (TPSA) is 87.3 Å². The van der Waals surface area contributed by atoms with E-state index in [0.29, 0.717) is 17.8 Å². The minimum absolute atomic E-state index is 0.112. The molecule has 0 bridgehead atoms. The fraction of sp³-hybridized carbons (Fsp3) is 0.350. The van der Waals surface area contributed by atoms with Crippen molar-refractivity contribution in [1.82, 2.24) is 10.6 Å². The zero-order chi connectivity index (χ0) is 20.0. The monoisotopic (exact) mass is 389 g/mol. The van der Waals surface area contributed by atoms with Gasteiger partial charge in [0, 0.05) is 18.2 Å². The first-order chi connectivity index (χ1) is 12.7. The Morgan fingerprint density at radius 1 is 1.07 bits per heavy atom. The Kier molecular flexibility index (Phi) is 6.98. The Labute approximate surface area is 161 Å². The molecule has 0 radical (unpaired) electrons. The lowest BCUT2D eigenvalue weighted by molar-refractivity contribution is 0.0950. The number of anilines is 1. The first-order valence-electron chi connectivity index (χ1n) is 8.95. The second-order valence-electron chi connectivity index (χ2n) is 6.55. The van der Waals surface area contributed by atoms with Crippen molar-refractivity contribution in [3.8, 4) is 0 Å². The molecule has 0 fully saturated rings. The second kappa shape index (κ2) is 9.01. The van der Waals surface area contributed by atoms with Crippen LogP contribution in [0.2, 0.25) is 0 Å². The van der Waals surface area contributed by atoms with Crippen molar-refractivity contribution in [1.29, 1.82) is 0 Å². The third-order valence-corrected chi connectivity index (χ3v) is 5.78. The lowest BCUT2D eigenvalue weighted by Gasteiger charge is -2.14. The molecule has 0 heterocycles. The van der Waals surface area contributed by atoms with Crippen molar-refractivity contribution >= 4 is 21.6 Å². The lowest BCUT2D eigenvalue weighted by atomic mass is 10.1. The maximum Gasteiger partial charge on any atom is 0.261 e. The molecule has 7 heteroatoms. The summed E-state index contributed by atoms with van der Waals surface area (Å²) in [4.78, 5) is 12.3. The molecule has 146 valence electrons. The first-order valence-corrected chi connectivity index (χ1v) is 10.4. The van der Waals surface area contributed by atoms with Gasteiger partial charge in [-0.3, -0.25) is 9.52 Å². The van der Waals surface area contributed by atoms with Crippen LogP contribution in [0.4, 0.5) is 5.69 Å². The number of likely N-dealkylation sites (N-methyl/N-ethyl adjacent to an activating group) is 1. The standard InChI is InChI=1S/C20H27N3O3S/c1-5-21-15(3)13-22-20(24)17-9-11-18(12-10-17)27(25,26)23-19-8-6-7-14(2)16(19)4/h6-12,15,21,23H,5,13H2,1-4H3,(H,22,24)/t15-/m1/s1. The van der Waals surface area contributed by atoms with Gasteiger partial charge in [0.2, 0.25) is 0 Å². The molecular weight excluding hydrogens is 362 g/mol. The fourth-order valence-electron chi connectivity index (χ4n) is 2.62. The van der Waals surface area contributed by atoms with Gasteiger partial charge in [0.05, 0.1) is 10.6 Å². The van der Waals surface area contributed by atoms with E-state index in [1.165, 1.54) is 24.3 Å². The van der Waals surface area contributed by atoms with Crippen molar-refractivity contribution in [2.75, 3.05) is 17.8 Å². The van der Waals surface area contributed by atoms with E-state index in [4.69, 9.17) is 0 Å². The van der Waals surface area contributed by atoms with Gasteiger partial charge in [-0.1, -0.05) is 19.1 Å². The highest BCUT2D eigenvalue weighted by Gasteiger charge is 2.16. The maximum absolute atomic E-state index is 12.6. The van der Waals surface area contributed by atoms with Crippen LogP contribution < -0.4 is 15.4 Å². The Morgan fingerprint density at radius 2 is 1.74 bits per heavy atom. The van der Waals surface area contributed by atoms with Gasteiger partial charge in [-0.05, 0) is 68.8 Å². The number of carbonyl (C=O) groups is 1. The van der Waals surface area contributed by atoms with Crippen molar-refractivity contribution in [2.24, 2.45) is 0 Å². The second-order valence-corrected chi connectivity index (χ2v) is 8.23. The van der Waals surface area contributed by atoms with E-state index in [2.05, 4.69) is 15.4 Å². The van der Waals surface area contributed by atoms with E-state index in [9.17, 15) is 13.2 Å². The van der Waals surface area contributed by atoms with Crippen molar-refractivity contribution in [3.05, 3.63) is 59.2 Å². The molecule has 0 saturated carbocycles. The molecule has 1 amide bonds. The zero-order valence-electron chi connectivity index (χ0n) is 16.2. The highest BCUT2D eigenvalue weighted by atomic mass is 32.2. The third kappa shape index (κ3) is 5.55. The van der Waals surface area contributed by atoms with Crippen LogP contribution >= 0.6 is 0 Å². The predicted molar refractivity (Wildman–Crippen MR) is 109 cm³/mol. The number of carbonyl (C=O) groups excluding carboxylic acids is 1. The Hall–Kier alpha value is -2.38. The molecule has 2 aromatic carbocycles. The summed E-state index contributed by atoms with van der Waals surface area (Å²) in [6, 6.07) is 11.6. The average molecular weight is 390 g/mol. The molecule has 2 rings (SSSR count). The van der Waals surface area contributed by atoms with Gasteiger partial charge in [-0.15, -0.1) is 0 Å². The summed E-state index contributed by atoms with van der Waals surface area (Å²) < 4.78 is 27.8. The molecule has 0 aliphatic rings. The number of hydrogen-bond donors (Lipinski definition) is 3. The van der Waals surface area contributed by atoms with E-state index in [0.717, 1.165) is 17.7 Å². The van der Waals surface area contributed by atoms with Crippen LogP contribution in [-0.4, -0.2) is 33.5 Å². The van der Waals surface area contributed by atoms with Crippen molar-refractivity contribution < 1.29 is 13.2 Å². The molecule has 3 N–H and O–H groups in total. The minimum atomic E-state index is -3.72. The summed E-state index contributed by atoms with van der Waals surface area (Å²) in [6.45, 7) is 9.12. The van der Waals surface area contributed by atoms with E-state index < -0.39 is 10.0 Å². The van der Waals surface area contributed by atoms with Gasteiger partial charge in [-0.2, -0.15) is 0 Å². The summed E-state index contributed by atoms with van der Waals surface area (Å²) in [5.74, 6) is -0.230. The van der Waals surface area contributed by atoms with Crippen LogP contribution in [0, 0.1) is 13.8 Å². The fourth-order valence-corrected chi connectivity index (χ4v) is 3.74. The highest BCUT2D eigenvalue weighted by molar-refractivity contribution is 7.92. The van der Waals surface area contributed by atoms with Crippen LogP contribution in [0.5, 0.6) is 0 Å². The van der Waals surface area contributed by atoms with Gasteiger partial charge in [0.25, 0.3) is 15.9 Å². The Balaban J connectivity index is 2.09. The number of aryl methyl sites for hydroxylation is 1. The summed E-state index contributed by atoms with van der Waals surface area (Å²) in [6.07, 6.45) is 0. The summed E-state index contributed by atoms with van der Waals surface area (Å²) in [5, 5.41) is 6.04. The van der Waals surface area contributed by atoms with E-state index in [1.807, 2.05) is 39.8 Å². The molecule has 0 aliphatic heterocycles. The molecule has 0 aliphatic carbocycles. The molecule has 0 spiro atoms. The molecular formula is C20H27N3O3S. The minimum Gasteiger partial charge on any atom is -0.350 e. The highest BCUT2D eigenvalue weighted by Crippen LogP contribution is 2.22. The van der Waals surface area contributed by atoms with Gasteiger partial charge >= 0.3 is 0 Å². The van der Waals surface area contributed by atoms with Crippen LogP contribution in [0.1, 0.15) is 35.3 Å². The molecule has 6 nitrogen and oxygen atoms in total. The quantitative estimate of drug-likeness (QED) is 0.648. The Morgan fingerprint density at radius 3 is 2.37 bits per heavy atom. The van der Waals surface area contributed by atoms with Crippen molar-refractivity contribution in [3.63, 3.8) is 0 Å². The summed E-state index contributed by atoms with van der Waals surface area (Å²) in [5.41, 5.74) is 2.86. The van der Waals surface area contributed by atoms with Gasteiger partial charge in [0.15, 0.2) is 0 Å². The predicted octanol–water partition coefficient (Wildman–Crippen LogP) is 2.83. The number of hydrogen-bond acceptors (Lipinski definition) is 4. The number of rotatable bonds is 8. The SMILES string of the molecule is CCN[C@H](C)CNC(=O)c1ccc(S(=O)(=O)Nc2cccc(C)c2C)cc1. The van der Waals surface area contributed by atoms with Crippen LogP contribution in [-0.2, 0) is 10.0 Å². The first kappa shape index (κ1) is 20.9. The Bertz CT molecular complexity index is 893. The van der Waals surface area contributed by atoms with Crippen LogP contribution in [0.15, 0.2) is 47.4 Å². The number of amides is 1.